The molecule has 2 N–H and O–H groups in total. The van der Waals surface area contributed by atoms with E-state index in [1.165, 1.54) is 23.3 Å². The summed E-state index contributed by atoms with van der Waals surface area (Å²) >= 11 is 0. The maximum absolute atomic E-state index is 13.5. The number of phenolic OH excluding ortho intramolecular Hbond substituents is 2. The molecule has 0 aromatic heterocycles. The van der Waals surface area contributed by atoms with Gasteiger partial charge in [0.05, 0.1) is 24.3 Å². The number of rotatable bonds is 16. The van der Waals surface area contributed by atoms with E-state index in [9.17, 15) is 28.2 Å². The van der Waals surface area contributed by atoms with Crippen molar-refractivity contribution in [3.8, 4) is 11.5 Å². The molecule has 236 valence electrons. The van der Waals surface area contributed by atoms with E-state index in [1.807, 2.05) is 36.4 Å². The summed E-state index contributed by atoms with van der Waals surface area (Å²) in [6.07, 6.45) is 6.72. The number of carbonyl (C=O) groups excluding carboxylic acids is 2. The quantitative estimate of drug-likeness (QED) is 0.0994. The average Bonchev–Trinajstić information content (AvgIpc) is 3.05. The van der Waals surface area contributed by atoms with Crippen LogP contribution in [0.4, 0.5) is 0 Å². The topological polar surface area (TPSA) is 127 Å². The molecule has 0 amide bonds. The van der Waals surface area contributed by atoms with Crippen LogP contribution in [0.3, 0.4) is 0 Å². The molecule has 0 saturated heterocycles. The summed E-state index contributed by atoms with van der Waals surface area (Å²) in [5.41, 5.74) is 2.34. The first-order valence-corrected chi connectivity index (χ1v) is 16.6. The first-order valence-electron chi connectivity index (χ1n) is 15.1. The minimum atomic E-state index is -4.55. The van der Waals surface area contributed by atoms with Crippen molar-refractivity contribution in [2.45, 2.75) is 61.2 Å². The maximum Gasteiger partial charge on any atom is 0.338 e. The first kappa shape index (κ1) is 33.3. The third kappa shape index (κ3) is 9.68. The maximum atomic E-state index is 13.5. The predicted molar refractivity (Wildman–Crippen MR) is 170 cm³/mol. The highest BCUT2D eigenvalue weighted by Gasteiger charge is 2.28. The Morgan fingerprint density at radius 3 is 1.33 bits per heavy atom. The highest BCUT2D eigenvalue weighted by Crippen LogP contribution is 2.34. The van der Waals surface area contributed by atoms with Gasteiger partial charge >= 0.3 is 11.9 Å². The second-order valence-electron chi connectivity index (χ2n) is 10.7. The fourth-order valence-electron chi connectivity index (χ4n) is 4.83. The van der Waals surface area contributed by atoms with Crippen LogP contribution in [-0.2, 0) is 32.2 Å². The zero-order valence-corrected chi connectivity index (χ0v) is 25.9. The van der Waals surface area contributed by atoms with Crippen LogP contribution in [0.25, 0.3) is 0 Å². The molecule has 0 aliphatic heterocycles. The summed E-state index contributed by atoms with van der Waals surface area (Å²) in [5.74, 6) is -2.70. The Morgan fingerprint density at radius 1 is 0.533 bits per heavy atom. The van der Waals surface area contributed by atoms with Crippen LogP contribution in [0.1, 0.15) is 70.4 Å². The second-order valence-corrected chi connectivity index (χ2v) is 12.6. The molecule has 0 fully saturated rings. The van der Waals surface area contributed by atoms with Crippen molar-refractivity contribution in [2.24, 2.45) is 0 Å². The molecule has 9 heteroatoms. The molecule has 0 saturated carbocycles. The van der Waals surface area contributed by atoms with E-state index in [0.717, 1.165) is 62.8 Å². The van der Waals surface area contributed by atoms with Crippen LogP contribution < -0.4 is 0 Å². The molecule has 4 rings (SSSR count). The van der Waals surface area contributed by atoms with E-state index in [2.05, 4.69) is 24.3 Å². The Bertz CT molecular complexity index is 1550. The molecule has 0 unspecified atom stereocenters. The number of sulfone groups is 1. The fraction of sp³-hybridized carbons (Fsp3) is 0.278. The van der Waals surface area contributed by atoms with Crippen molar-refractivity contribution < 1.29 is 37.7 Å². The molecule has 0 atom stereocenters. The lowest BCUT2D eigenvalue weighted by molar-refractivity contribution is 0.0488. The molecule has 0 aliphatic rings. The molecule has 0 aliphatic carbocycles. The molecular formula is C36H38O8S. The third-order valence-corrected chi connectivity index (χ3v) is 9.15. The van der Waals surface area contributed by atoms with Crippen LogP contribution in [0.2, 0.25) is 0 Å². The number of hydrogen-bond acceptors (Lipinski definition) is 8. The van der Waals surface area contributed by atoms with Gasteiger partial charge in [-0.2, -0.15) is 0 Å². The molecular weight excluding hydrogens is 592 g/mol. The van der Waals surface area contributed by atoms with E-state index >= 15 is 0 Å². The van der Waals surface area contributed by atoms with Gasteiger partial charge in [0, 0.05) is 0 Å². The highest BCUT2D eigenvalue weighted by atomic mass is 32.2. The number of benzene rings is 4. The van der Waals surface area contributed by atoms with Crippen LogP contribution in [0.5, 0.6) is 11.5 Å². The molecule has 45 heavy (non-hydrogen) atoms. The number of carbonyl (C=O) groups is 2. The van der Waals surface area contributed by atoms with Gasteiger partial charge in [-0.05, 0) is 98.9 Å². The number of esters is 2. The van der Waals surface area contributed by atoms with Crippen LogP contribution in [0, 0.1) is 0 Å². The summed E-state index contributed by atoms with van der Waals surface area (Å²) in [4.78, 5) is 24.1. The molecule has 0 heterocycles. The van der Waals surface area contributed by atoms with Crippen molar-refractivity contribution in [3.05, 3.63) is 119 Å². The summed E-state index contributed by atoms with van der Waals surface area (Å²) < 4.78 is 37.7. The van der Waals surface area contributed by atoms with Gasteiger partial charge < -0.3 is 19.7 Å². The van der Waals surface area contributed by atoms with E-state index in [0.29, 0.717) is 12.8 Å². The molecule has 0 bridgehead atoms. The summed E-state index contributed by atoms with van der Waals surface area (Å²) in [7, 11) is -4.55. The summed E-state index contributed by atoms with van der Waals surface area (Å²) in [5, 5.41) is 20.8. The highest BCUT2D eigenvalue weighted by molar-refractivity contribution is 7.91. The van der Waals surface area contributed by atoms with Gasteiger partial charge in [0.2, 0.25) is 9.84 Å². The van der Waals surface area contributed by atoms with E-state index in [4.69, 9.17) is 9.47 Å². The Hall–Kier alpha value is -4.63. The van der Waals surface area contributed by atoms with Crippen molar-refractivity contribution in [2.75, 3.05) is 13.2 Å². The first-order chi connectivity index (χ1) is 21.8. The van der Waals surface area contributed by atoms with Crippen LogP contribution in [-0.4, -0.2) is 43.8 Å². The minimum absolute atomic E-state index is 0.0713. The van der Waals surface area contributed by atoms with Crippen LogP contribution in [0.15, 0.2) is 107 Å². The number of phenols is 2. The molecule has 8 nitrogen and oxygen atoms in total. The van der Waals surface area contributed by atoms with Crippen molar-refractivity contribution >= 4 is 21.8 Å². The lowest BCUT2D eigenvalue weighted by atomic mass is 10.1. The van der Waals surface area contributed by atoms with E-state index in [-0.39, 0.29) is 24.3 Å². The third-order valence-electron chi connectivity index (χ3n) is 7.34. The summed E-state index contributed by atoms with van der Waals surface area (Å²) in [6.45, 7) is 0.323. The van der Waals surface area contributed by atoms with E-state index < -0.39 is 43.1 Å². The zero-order chi connectivity index (χ0) is 32.1. The van der Waals surface area contributed by atoms with Gasteiger partial charge in [-0.15, -0.1) is 0 Å². The van der Waals surface area contributed by atoms with Gasteiger partial charge in [-0.25, -0.2) is 18.0 Å². The zero-order valence-electron chi connectivity index (χ0n) is 25.1. The Morgan fingerprint density at radius 2 is 0.933 bits per heavy atom. The number of aromatic hydroxyl groups is 2. The van der Waals surface area contributed by atoms with Gasteiger partial charge in [-0.3, -0.25) is 0 Å². The van der Waals surface area contributed by atoms with Crippen molar-refractivity contribution in [1.29, 1.82) is 0 Å². The minimum Gasteiger partial charge on any atom is -0.507 e. The molecule has 0 spiro atoms. The average molecular weight is 631 g/mol. The lowest BCUT2D eigenvalue weighted by Crippen LogP contribution is -2.11. The second kappa shape index (κ2) is 16.4. The van der Waals surface area contributed by atoms with Gasteiger partial charge in [0.25, 0.3) is 0 Å². The number of unbranched alkanes of at least 4 members (excludes halogenated alkanes) is 4. The molecule has 4 aromatic rings. The Kier molecular flexibility index (Phi) is 12.2. The standard InChI is InChI=1S/C36H38O8S/c37-31-21-19-29(35(39)43-23-11-3-9-17-27-13-5-1-6-14-27)25-33(31)45(41,42)34-26-30(20-22-32(34)38)36(40)44-24-12-4-10-18-28-15-7-2-8-16-28/h1-2,5-8,13-16,19-22,25-26,37-38H,3-4,9-12,17-18,23-24H2. The molecule has 0 radical (unpaired) electrons. The van der Waals surface area contributed by atoms with Crippen molar-refractivity contribution in [1.82, 2.24) is 0 Å². The van der Waals surface area contributed by atoms with Gasteiger partial charge in [-0.1, -0.05) is 60.7 Å². The smallest absolute Gasteiger partial charge is 0.338 e. The van der Waals surface area contributed by atoms with Gasteiger partial charge in [0.1, 0.15) is 21.3 Å². The fourth-order valence-corrected chi connectivity index (χ4v) is 6.32. The van der Waals surface area contributed by atoms with Crippen molar-refractivity contribution in [3.63, 3.8) is 0 Å². The Balaban J connectivity index is 1.32. The largest absolute Gasteiger partial charge is 0.507 e. The van der Waals surface area contributed by atoms with E-state index in [1.54, 1.807) is 0 Å². The van der Waals surface area contributed by atoms with Gasteiger partial charge in [0.15, 0.2) is 0 Å². The monoisotopic (exact) mass is 630 g/mol. The lowest BCUT2D eigenvalue weighted by Gasteiger charge is -2.12. The SMILES string of the molecule is O=C(OCCCCCc1ccccc1)c1ccc(O)c(S(=O)(=O)c2cc(C(=O)OCCCCCc3ccccc3)ccc2O)c1. The summed E-state index contributed by atoms with van der Waals surface area (Å²) in [6, 6.07) is 26.9. The number of ether oxygens (including phenoxy) is 2. The Labute approximate surface area is 264 Å². The number of aryl methyl sites for hydroxylation is 2. The molecule has 4 aromatic carbocycles. The van der Waals surface area contributed by atoms with Crippen LogP contribution >= 0.6 is 0 Å². The number of hydrogen-bond donors (Lipinski definition) is 2. The predicted octanol–water partition coefficient (Wildman–Crippen LogP) is 7.07. The normalized spacial score (nSPS) is 11.2.